The van der Waals surface area contributed by atoms with E-state index >= 15 is 0 Å². The van der Waals surface area contributed by atoms with Crippen molar-refractivity contribution < 1.29 is 14.6 Å². The molecule has 2 aromatic rings. The number of anilines is 1. The summed E-state index contributed by atoms with van der Waals surface area (Å²) < 4.78 is 5.82. The number of aliphatic hydroxyl groups is 1. The van der Waals surface area contributed by atoms with Crippen LogP contribution in [-0.2, 0) is 5.60 Å². The molecule has 0 spiro atoms. The quantitative estimate of drug-likeness (QED) is 0.460. The van der Waals surface area contributed by atoms with E-state index in [4.69, 9.17) is 4.74 Å². The molecule has 0 aromatic heterocycles. The number of ketones is 1. The Morgan fingerprint density at radius 1 is 1.00 bits per heavy atom. The van der Waals surface area contributed by atoms with E-state index in [0.717, 1.165) is 48.7 Å². The van der Waals surface area contributed by atoms with Gasteiger partial charge in [-0.15, -0.1) is 0 Å². The lowest BCUT2D eigenvalue weighted by atomic mass is 9.84. The van der Waals surface area contributed by atoms with E-state index < -0.39 is 5.60 Å². The third-order valence-corrected chi connectivity index (χ3v) is 5.89. The largest absolute Gasteiger partial charge is 0.494 e. The lowest BCUT2D eigenvalue weighted by molar-refractivity contribution is 0.0117. The second-order valence-corrected chi connectivity index (χ2v) is 8.06. The smallest absolute Gasteiger partial charge is 0.159 e. The van der Waals surface area contributed by atoms with Crippen LogP contribution in [0.25, 0.3) is 0 Å². The minimum absolute atomic E-state index is 0.0814. The van der Waals surface area contributed by atoms with Crippen LogP contribution in [0.3, 0.4) is 0 Å². The molecule has 1 aliphatic rings. The molecule has 156 valence electrons. The van der Waals surface area contributed by atoms with Gasteiger partial charge in [-0.1, -0.05) is 38.3 Å². The number of Topliss-reactive ketones (excluding diaryl/α,β-unsaturated/α-hetero) is 1. The van der Waals surface area contributed by atoms with Crippen LogP contribution in [0.4, 0.5) is 5.69 Å². The molecule has 1 N–H and O–H groups in total. The Balaban J connectivity index is 1.53. The fraction of sp³-hybridized carbons (Fsp3) is 0.480. The summed E-state index contributed by atoms with van der Waals surface area (Å²) in [6, 6.07) is 15.7. The minimum Gasteiger partial charge on any atom is -0.494 e. The van der Waals surface area contributed by atoms with Crippen LogP contribution in [0.15, 0.2) is 48.5 Å². The minimum atomic E-state index is -0.796. The highest BCUT2D eigenvalue weighted by Gasteiger charge is 2.34. The van der Waals surface area contributed by atoms with Gasteiger partial charge in [0.1, 0.15) is 5.75 Å². The van der Waals surface area contributed by atoms with Crippen molar-refractivity contribution in [3.63, 3.8) is 0 Å². The summed E-state index contributed by atoms with van der Waals surface area (Å²) in [5, 5.41) is 11.2. The fourth-order valence-corrected chi connectivity index (χ4v) is 3.91. The Morgan fingerprint density at radius 2 is 1.66 bits per heavy atom. The van der Waals surface area contributed by atoms with Gasteiger partial charge in [-0.25, -0.2) is 0 Å². The predicted octanol–water partition coefficient (Wildman–Crippen LogP) is 5.34. The van der Waals surface area contributed by atoms with Gasteiger partial charge in [0.15, 0.2) is 5.78 Å². The van der Waals surface area contributed by atoms with E-state index in [9.17, 15) is 9.90 Å². The van der Waals surface area contributed by atoms with E-state index in [0.29, 0.717) is 12.8 Å². The Hall–Kier alpha value is -2.33. The molecule has 0 amide bonds. The van der Waals surface area contributed by atoms with Crippen LogP contribution in [0, 0.1) is 0 Å². The van der Waals surface area contributed by atoms with Crippen molar-refractivity contribution in [2.24, 2.45) is 0 Å². The molecule has 0 radical (unpaired) electrons. The maximum atomic E-state index is 11.4. The number of carbonyl (C=O) groups excluding carboxylic acids is 1. The first kappa shape index (κ1) is 21.4. The third kappa shape index (κ3) is 5.60. The topological polar surface area (TPSA) is 49.8 Å². The second-order valence-electron chi connectivity index (χ2n) is 8.06. The van der Waals surface area contributed by atoms with Crippen molar-refractivity contribution >= 4 is 11.5 Å². The Kier molecular flexibility index (Phi) is 7.32. The molecule has 0 atom stereocenters. The zero-order chi connectivity index (χ0) is 20.7. The zero-order valence-electron chi connectivity index (χ0n) is 17.7. The SMILES string of the molecule is CCCCCCOc1ccc(C2(O)CCN(c3ccc(C(C)=O)cc3)CC2)cc1. The average Bonchev–Trinajstić information content (AvgIpc) is 2.75. The summed E-state index contributed by atoms with van der Waals surface area (Å²) in [7, 11) is 0. The van der Waals surface area contributed by atoms with Crippen LogP contribution in [0.5, 0.6) is 5.75 Å². The molecule has 1 fully saturated rings. The number of hydrogen-bond acceptors (Lipinski definition) is 4. The molecular weight excluding hydrogens is 362 g/mol. The van der Waals surface area contributed by atoms with E-state index in [1.54, 1.807) is 6.92 Å². The molecule has 1 aliphatic heterocycles. The fourth-order valence-electron chi connectivity index (χ4n) is 3.91. The van der Waals surface area contributed by atoms with Gasteiger partial charge in [0, 0.05) is 24.3 Å². The van der Waals surface area contributed by atoms with Crippen LogP contribution in [-0.4, -0.2) is 30.6 Å². The Morgan fingerprint density at radius 3 is 2.24 bits per heavy atom. The van der Waals surface area contributed by atoms with E-state index in [2.05, 4.69) is 11.8 Å². The molecule has 29 heavy (non-hydrogen) atoms. The number of benzene rings is 2. The predicted molar refractivity (Wildman–Crippen MR) is 118 cm³/mol. The third-order valence-electron chi connectivity index (χ3n) is 5.89. The second kappa shape index (κ2) is 9.93. The number of rotatable bonds is 9. The van der Waals surface area contributed by atoms with Gasteiger partial charge in [-0.05, 0) is 68.1 Å². The highest BCUT2D eigenvalue weighted by atomic mass is 16.5. The lowest BCUT2D eigenvalue weighted by Gasteiger charge is -2.39. The Labute approximate surface area is 174 Å². The van der Waals surface area contributed by atoms with Crippen LogP contribution < -0.4 is 9.64 Å². The highest BCUT2D eigenvalue weighted by molar-refractivity contribution is 5.94. The molecule has 1 heterocycles. The molecule has 0 bridgehead atoms. The molecular formula is C25H33NO3. The summed E-state index contributed by atoms with van der Waals surface area (Å²) >= 11 is 0. The van der Waals surface area contributed by atoms with Gasteiger partial charge in [0.2, 0.25) is 0 Å². The lowest BCUT2D eigenvalue weighted by Crippen LogP contribution is -2.42. The van der Waals surface area contributed by atoms with Gasteiger partial charge < -0.3 is 14.7 Å². The van der Waals surface area contributed by atoms with Crippen LogP contribution in [0.2, 0.25) is 0 Å². The average molecular weight is 396 g/mol. The first-order chi connectivity index (χ1) is 14.0. The number of carbonyl (C=O) groups is 1. The van der Waals surface area contributed by atoms with Crippen molar-refractivity contribution in [3.8, 4) is 5.75 Å². The van der Waals surface area contributed by atoms with Crippen LogP contribution in [0.1, 0.15) is 68.3 Å². The maximum absolute atomic E-state index is 11.4. The molecule has 0 saturated carbocycles. The maximum Gasteiger partial charge on any atom is 0.159 e. The van der Waals surface area contributed by atoms with Gasteiger partial charge >= 0.3 is 0 Å². The number of nitrogens with zero attached hydrogens (tertiary/aromatic N) is 1. The van der Waals surface area contributed by atoms with Crippen molar-refractivity contribution in [2.45, 2.75) is 58.0 Å². The molecule has 1 saturated heterocycles. The van der Waals surface area contributed by atoms with E-state index in [1.807, 2.05) is 48.5 Å². The molecule has 4 nitrogen and oxygen atoms in total. The van der Waals surface area contributed by atoms with Gasteiger partial charge in [-0.2, -0.15) is 0 Å². The van der Waals surface area contributed by atoms with E-state index in [1.165, 1.54) is 19.3 Å². The highest BCUT2D eigenvalue weighted by Crippen LogP contribution is 2.35. The van der Waals surface area contributed by atoms with Crippen molar-refractivity contribution in [3.05, 3.63) is 59.7 Å². The first-order valence-corrected chi connectivity index (χ1v) is 10.8. The summed E-state index contributed by atoms with van der Waals surface area (Å²) in [4.78, 5) is 13.7. The number of piperidine rings is 1. The van der Waals surface area contributed by atoms with Gasteiger partial charge in [0.05, 0.1) is 12.2 Å². The van der Waals surface area contributed by atoms with Crippen LogP contribution >= 0.6 is 0 Å². The molecule has 3 rings (SSSR count). The molecule has 4 heteroatoms. The normalized spacial score (nSPS) is 15.9. The van der Waals surface area contributed by atoms with Gasteiger partial charge in [-0.3, -0.25) is 4.79 Å². The first-order valence-electron chi connectivity index (χ1n) is 10.8. The van der Waals surface area contributed by atoms with E-state index in [-0.39, 0.29) is 5.78 Å². The molecule has 2 aromatic carbocycles. The summed E-state index contributed by atoms with van der Waals surface area (Å²) in [6.45, 7) is 6.11. The van der Waals surface area contributed by atoms with Gasteiger partial charge in [0.25, 0.3) is 0 Å². The van der Waals surface area contributed by atoms with Crippen molar-refractivity contribution in [2.75, 3.05) is 24.6 Å². The zero-order valence-corrected chi connectivity index (χ0v) is 17.7. The summed E-state index contributed by atoms with van der Waals surface area (Å²) in [5.41, 5.74) is 2.00. The summed E-state index contributed by atoms with van der Waals surface area (Å²) in [5.74, 6) is 0.954. The number of hydrogen-bond donors (Lipinski definition) is 1. The standard InChI is InChI=1S/C25H33NO3/c1-3-4-5-6-19-29-24-13-9-22(10-14-24)25(28)15-17-26(18-16-25)23-11-7-21(8-12-23)20(2)27/h7-14,28H,3-6,15-19H2,1-2H3. The summed E-state index contributed by atoms with van der Waals surface area (Å²) in [6.07, 6.45) is 6.14. The van der Waals surface area contributed by atoms with Crippen molar-refractivity contribution in [1.29, 1.82) is 0 Å². The number of unbranched alkanes of at least 4 members (excludes halogenated alkanes) is 3. The Bertz CT molecular complexity index is 775. The monoisotopic (exact) mass is 395 g/mol. The molecule has 0 aliphatic carbocycles. The van der Waals surface area contributed by atoms with Crippen molar-refractivity contribution in [1.82, 2.24) is 0 Å². The molecule has 0 unspecified atom stereocenters. The number of ether oxygens (including phenoxy) is 1.